The number of likely N-dealkylation sites (N-methyl/N-ethyl adjacent to an activating group) is 1. The number of carbonyl (C=O) groups is 1. The first-order valence-corrected chi connectivity index (χ1v) is 8.28. The number of pyridine rings is 1. The van der Waals surface area contributed by atoms with Crippen molar-refractivity contribution in [3.63, 3.8) is 0 Å². The van der Waals surface area contributed by atoms with Gasteiger partial charge >= 0.3 is 6.03 Å². The second-order valence-corrected chi connectivity index (χ2v) is 6.12. The maximum absolute atomic E-state index is 13.7. The molecule has 1 aliphatic heterocycles. The summed E-state index contributed by atoms with van der Waals surface area (Å²) in [4.78, 5) is 20.6. The molecule has 0 radical (unpaired) electrons. The first-order chi connectivity index (χ1) is 12.1. The highest BCUT2D eigenvalue weighted by Gasteiger charge is 2.18. The normalized spacial score (nSPS) is 15.0. The summed E-state index contributed by atoms with van der Waals surface area (Å²) in [6, 6.07) is 7.82. The molecule has 2 aromatic rings. The number of anilines is 2. The molecule has 1 aromatic carbocycles. The van der Waals surface area contributed by atoms with Crippen LogP contribution in [0.1, 0.15) is 5.56 Å². The van der Waals surface area contributed by atoms with Gasteiger partial charge in [-0.15, -0.1) is 0 Å². The van der Waals surface area contributed by atoms with Crippen LogP contribution in [-0.2, 0) is 6.54 Å². The zero-order valence-corrected chi connectivity index (χ0v) is 14.2. The number of benzene rings is 1. The molecule has 0 bridgehead atoms. The van der Waals surface area contributed by atoms with E-state index in [0.717, 1.165) is 37.4 Å². The van der Waals surface area contributed by atoms with Gasteiger partial charge in [-0.3, -0.25) is 4.98 Å². The molecule has 0 saturated carbocycles. The van der Waals surface area contributed by atoms with Crippen molar-refractivity contribution in [3.05, 3.63) is 54.1 Å². The number of nitrogens with one attached hydrogen (secondary N) is 2. The zero-order valence-electron chi connectivity index (χ0n) is 14.2. The lowest BCUT2D eigenvalue weighted by atomic mass is 10.2. The van der Waals surface area contributed by atoms with Crippen molar-refractivity contribution in [1.82, 2.24) is 15.2 Å². The fourth-order valence-electron chi connectivity index (χ4n) is 2.78. The summed E-state index contributed by atoms with van der Waals surface area (Å²) in [5, 5.41) is 5.53. The van der Waals surface area contributed by atoms with Crippen LogP contribution in [0.4, 0.5) is 20.6 Å². The maximum atomic E-state index is 13.7. The van der Waals surface area contributed by atoms with Crippen molar-refractivity contribution < 1.29 is 9.18 Å². The van der Waals surface area contributed by atoms with Gasteiger partial charge in [0.05, 0.1) is 11.4 Å². The van der Waals surface area contributed by atoms with Crippen LogP contribution in [0.3, 0.4) is 0 Å². The fourth-order valence-corrected chi connectivity index (χ4v) is 2.78. The fraction of sp³-hybridized carbons (Fsp3) is 0.333. The topological polar surface area (TPSA) is 60.5 Å². The first kappa shape index (κ1) is 17.2. The van der Waals surface area contributed by atoms with Gasteiger partial charge in [-0.1, -0.05) is 6.07 Å². The Morgan fingerprint density at radius 3 is 2.76 bits per heavy atom. The highest BCUT2D eigenvalue weighted by molar-refractivity contribution is 5.93. The minimum Gasteiger partial charge on any atom is -0.367 e. The van der Waals surface area contributed by atoms with Crippen LogP contribution in [0, 0.1) is 5.82 Å². The lowest BCUT2D eigenvalue weighted by Crippen LogP contribution is -2.44. The van der Waals surface area contributed by atoms with Crippen molar-refractivity contribution >= 4 is 17.4 Å². The number of aromatic nitrogens is 1. The van der Waals surface area contributed by atoms with Gasteiger partial charge in [-0.2, -0.15) is 0 Å². The van der Waals surface area contributed by atoms with Gasteiger partial charge in [0.25, 0.3) is 0 Å². The minimum atomic E-state index is -0.375. The highest BCUT2D eigenvalue weighted by Crippen LogP contribution is 2.27. The van der Waals surface area contributed by atoms with Gasteiger partial charge in [0.1, 0.15) is 5.82 Å². The summed E-state index contributed by atoms with van der Waals surface area (Å²) in [7, 11) is 2.08. The summed E-state index contributed by atoms with van der Waals surface area (Å²) in [5.41, 5.74) is 2.22. The predicted molar refractivity (Wildman–Crippen MR) is 96.2 cm³/mol. The molecule has 1 saturated heterocycles. The van der Waals surface area contributed by atoms with Crippen molar-refractivity contribution in [2.45, 2.75) is 6.54 Å². The number of hydrogen-bond donors (Lipinski definition) is 2. The summed E-state index contributed by atoms with van der Waals surface area (Å²) in [6.45, 7) is 3.91. The van der Waals surface area contributed by atoms with E-state index in [1.165, 1.54) is 12.1 Å². The van der Waals surface area contributed by atoms with Gasteiger partial charge in [0.15, 0.2) is 0 Å². The zero-order chi connectivity index (χ0) is 17.6. The van der Waals surface area contributed by atoms with Crippen molar-refractivity contribution in [2.75, 3.05) is 43.4 Å². The summed E-state index contributed by atoms with van der Waals surface area (Å²) in [6.07, 6.45) is 3.37. The molecule has 7 heteroatoms. The van der Waals surface area contributed by atoms with Gasteiger partial charge < -0.3 is 20.4 Å². The van der Waals surface area contributed by atoms with Crippen LogP contribution in [0.2, 0.25) is 0 Å². The van der Waals surface area contributed by atoms with Crippen molar-refractivity contribution in [2.24, 2.45) is 0 Å². The minimum absolute atomic E-state index is 0.360. The summed E-state index contributed by atoms with van der Waals surface area (Å²) >= 11 is 0. The number of hydrogen-bond acceptors (Lipinski definition) is 4. The molecule has 0 spiro atoms. The van der Waals surface area contributed by atoms with E-state index in [1.807, 2.05) is 12.1 Å². The third kappa shape index (κ3) is 4.67. The van der Waals surface area contributed by atoms with Gasteiger partial charge in [0.2, 0.25) is 0 Å². The van der Waals surface area contributed by atoms with Gasteiger partial charge in [-0.05, 0) is 36.9 Å². The Bertz CT molecular complexity index is 717. The van der Waals surface area contributed by atoms with E-state index < -0.39 is 0 Å². The lowest BCUT2D eigenvalue weighted by molar-refractivity contribution is 0.251. The number of nitrogens with zero attached hydrogens (tertiary/aromatic N) is 3. The average molecular weight is 343 g/mol. The molecule has 1 aliphatic rings. The molecule has 1 aromatic heterocycles. The first-order valence-electron chi connectivity index (χ1n) is 8.28. The standard InChI is InChI=1S/C18H22FN5O/c1-23-7-9-24(10-8-23)17-5-4-15(19)11-16(17)22-18(25)21-13-14-3-2-6-20-12-14/h2-6,11-12H,7-10,13H2,1H3,(H2,21,22,25). The Hall–Kier alpha value is -2.67. The number of rotatable bonds is 4. The van der Waals surface area contributed by atoms with E-state index in [2.05, 4.69) is 32.5 Å². The summed E-state index contributed by atoms with van der Waals surface area (Å²) in [5.74, 6) is -0.375. The average Bonchev–Trinajstić information content (AvgIpc) is 2.62. The van der Waals surface area contributed by atoms with E-state index >= 15 is 0 Å². The van der Waals surface area contributed by atoms with E-state index in [4.69, 9.17) is 0 Å². The Labute approximate surface area is 146 Å². The predicted octanol–water partition coefficient (Wildman–Crippen LogP) is 2.29. The van der Waals surface area contributed by atoms with Crippen LogP contribution in [0.15, 0.2) is 42.7 Å². The second-order valence-electron chi connectivity index (χ2n) is 6.12. The molecule has 0 aliphatic carbocycles. The Morgan fingerprint density at radius 1 is 1.24 bits per heavy atom. The molecule has 3 rings (SSSR count). The smallest absolute Gasteiger partial charge is 0.319 e. The van der Waals surface area contributed by atoms with Crippen LogP contribution in [0.5, 0.6) is 0 Å². The molecule has 25 heavy (non-hydrogen) atoms. The third-order valence-electron chi connectivity index (χ3n) is 4.23. The van der Waals surface area contributed by atoms with Crippen LogP contribution < -0.4 is 15.5 Å². The van der Waals surface area contributed by atoms with Crippen LogP contribution in [-0.4, -0.2) is 49.1 Å². The molecular formula is C18H22FN5O. The van der Waals surface area contributed by atoms with Gasteiger partial charge in [-0.25, -0.2) is 9.18 Å². The molecule has 2 heterocycles. The SMILES string of the molecule is CN1CCN(c2ccc(F)cc2NC(=O)NCc2cccnc2)CC1. The number of piperazine rings is 1. The van der Waals surface area contributed by atoms with Crippen molar-refractivity contribution in [1.29, 1.82) is 0 Å². The van der Waals surface area contributed by atoms with Crippen LogP contribution >= 0.6 is 0 Å². The Balaban J connectivity index is 1.66. The van der Waals surface area contributed by atoms with Crippen LogP contribution in [0.25, 0.3) is 0 Å². The lowest BCUT2D eigenvalue weighted by Gasteiger charge is -2.35. The quantitative estimate of drug-likeness (QED) is 0.894. The van der Waals surface area contributed by atoms with E-state index in [1.54, 1.807) is 18.5 Å². The third-order valence-corrected chi connectivity index (χ3v) is 4.23. The number of carbonyl (C=O) groups excluding carboxylic acids is 1. The Kier molecular flexibility index (Phi) is 5.45. The number of urea groups is 1. The largest absolute Gasteiger partial charge is 0.367 e. The molecule has 0 unspecified atom stereocenters. The van der Waals surface area contributed by atoms with Gasteiger partial charge in [0, 0.05) is 45.1 Å². The molecule has 0 atom stereocenters. The van der Waals surface area contributed by atoms with E-state index in [9.17, 15) is 9.18 Å². The maximum Gasteiger partial charge on any atom is 0.319 e. The molecule has 132 valence electrons. The Morgan fingerprint density at radius 2 is 2.04 bits per heavy atom. The van der Waals surface area contributed by atoms with E-state index in [-0.39, 0.29) is 11.8 Å². The highest BCUT2D eigenvalue weighted by atomic mass is 19.1. The van der Waals surface area contributed by atoms with E-state index in [0.29, 0.717) is 12.2 Å². The number of amides is 2. The summed E-state index contributed by atoms with van der Waals surface area (Å²) < 4.78 is 13.7. The molecule has 6 nitrogen and oxygen atoms in total. The molecular weight excluding hydrogens is 321 g/mol. The second kappa shape index (κ2) is 7.94. The molecule has 2 N–H and O–H groups in total. The monoisotopic (exact) mass is 343 g/mol. The number of halogens is 1. The van der Waals surface area contributed by atoms with Crippen molar-refractivity contribution in [3.8, 4) is 0 Å². The molecule has 1 fully saturated rings. The molecule has 2 amide bonds.